The maximum absolute atomic E-state index is 8.77. The monoisotopic (exact) mass is 292 g/mol. The molecule has 0 radical (unpaired) electrons. The van der Waals surface area contributed by atoms with Gasteiger partial charge in [0.1, 0.15) is 35.2 Å². The maximum Gasteiger partial charge on any atom is 0.142 e. The highest BCUT2D eigenvalue weighted by atomic mass is 15.0. The summed E-state index contributed by atoms with van der Waals surface area (Å²) in [5.74, 6) is 1.44. The Bertz CT molecular complexity index is 637. The van der Waals surface area contributed by atoms with Crippen LogP contribution in [0.5, 0.6) is 0 Å². The van der Waals surface area contributed by atoms with Gasteiger partial charge in [-0.2, -0.15) is 10.5 Å². The molecule has 0 unspecified atom stereocenters. The molecule has 0 spiro atoms. The van der Waals surface area contributed by atoms with Gasteiger partial charge in [-0.3, -0.25) is 0 Å². The molecule has 2 aromatic heterocycles. The number of hydrogen-bond donors (Lipinski definition) is 2. The van der Waals surface area contributed by atoms with Crippen LogP contribution in [0.3, 0.4) is 0 Å². The number of hydrogen-bond acceptors (Lipinski definition) is 6. The smallest absolute Gasteiger partial charge is 0.142 e. The minimum atomic E-state index is 0.412. The van der Waals surface area contributed by atoms with Crippen LogP contribution in [0.2, 0.25) is 0 Å². The second-order valence-electron chi connectivity index (χ2n) is 4.60. The Morgan fingerprint density at radius 1 is 0.773 bits per heavy atom. The molecule has 6 heteroatoms. The summed E-state index contributed by atoms with van der Waals surface area (Å²) < 4.78 is 0. The van der Waals surface area contributed by atoms with Crippen LogP contribution in [0.4, 0.5) is 11.6 Å². The quantitative estimate of drug-likeness (QED) is 0.761. The SMILES string of the molecule is N#Cc1cccc(NCCCCNc2cccc(C#N)n2)n1. The Morgan fingerprint density at radius 3 is 1.64 bits per heavy atom. The zero-order valence-electron chi connectivity index (χ0n) is 12.1. The topological polar surface area (TPSA) is 97.4 Å². The number of aromatic nitrogens is 2. The van der Waals surface area contributed by atoms with Crippen LogP contribution in [0.15, 0.2) is 36.4 Å². The Morgan fingerprint density at radius 2 is 1.23 bits per heavy atom. The first kappa shape index (κ1) is 15.3. The number of pyridine rings is 2. The van der Waals surface area contributed by atoms with Gasteiger partial charge in [0.05, 0.1) is 0 Å². The zero-order chi connectivity index (χ0) is 15.6. The van der Waals surface area contributed by atoms with Crippen molar-refractivity contribution in [3.8, 4) is 12.1 Å². The molecule has 0 bridgehead atoms. The second-order valence-corrected chi connectivity index (χ2v) is 4.60. The molecule has 110 valence electrons. The molecule has 0 atom stereocenters. The Kier molecular flexibility index (Phi) is 5.71. The third kappa shape index (κ3) is 4.77. The molecule has 2 aromatic rings. The van der Waals surface area contributed by atoms with Gasteiger partial charge in [-0.1, -0.05) is 12.1 Å². The van der Waals surface area contributed by atoms with E-state index in [-0.39, 0.29) is 0 Å². The molecule has 6 nitrogen and oxygen atoms in total. The summed E-state index contributed by atoms with van der Waals surface area (Å²) in [5.41, 5.74) is 0.824. The molecule has 0 aliphatic rings. The lowest BCUT2D eigenvalue weighted by atomic mass is 10.3. The minimum Gasteiger partial charge on any atom is -0.370 e. The molecular formula is C16H16N6. The van der Waals surface area contributed by atoms with Gasteiger partial charge in [0.25, 0.3) is 0 Å². The summed E-state index contributed by atoms with van der Waals surface area (Å²) in [6.07, 6.45) is 1.92. The van der Waals surface area contributed by atoms with Crippen molar-refractivity contribution < 1.29 is 0 Å². The third-order valence-electron chi connectivity index (χ3n) is 2.94. The standard InChI is InChI=1S/C16H16N6/c17-11-13-5-3-7-15(21-13)19-9-1-2-10-20-16-8-4-6-14(12-18)22-16/h3-8H,1-2,9-10H2,(H,19,21)(H,20,22). The number of nitriles is 2. The predicted octanol–water partition coefficient (Wildman–Crippen LogP) is 2.52. The fourth-order valence-corrected chi connectivity index (χ4v) is 1.87. The van der Waals surface area contributed by atoms with Crippen molar-refractivity contribution >= 4 is 11.6 Å². The highest BCUT2D eigenvalue weighted by Crippen LogP contribution is 2.06. The summed E-state index contributed by atoms with van der Waals surface area (Å²) in [7, 11) is 0. The molecule has 0 saturated carbocycles. The van der Waals surface area contributed by atoms with Crippen molar-refractivity contribution in [3.05, 3.63) is 47.8 Å². The molecule has 2 heterocycles. The molecule has 0 saturated heterocycles. The average Bonchev–Trinajstić information content (AvgIpc) is 2.58. The highest BCUT2D eigenvalue weighted by Gasteiger charge is 1.97. The van der Waals surface area contributed by atoms with Gasteiger partial charge in [0.2, 0.25) is 0 Å². The molecule has 0 aromatic carbocycles. The van der Waals surface area contributed by atoms with Crippen LogP contribution >= 0.6 is 0 Å². The van der Waals surface area contributed by atoms with Crippen molar-refractivity contribution in [2.45, 2.75) is 12.8 Å². The molecule has 2 rings (SSSR count). The van der Waals surface area contributed by atoms with Crippen LogP contribution in [-0.4, -0.2) is 23.1 Å². The fourth-order valence-electron chi connectivity index (χ4n) is 1.87. The van der Waals surface area contributed by atoms with Crippen LogP contribution < -0.4 is 10.6 Å². The van der Waals surface area contributed by atoms with Crippen molar-refractivity contribution in [1.29, 1.82) is 10.5 Å². The van der Waals surface area contributed by atoms with E-state index in [1.807, 2.05) is 36.4 Å². The minimum absolute atomic E-state index is 0.412. The van der Waals surface area contributed by atoms with Gasteiger partial charge in [-0.25, -0.2) is 9.97 Å². The first-order chi connectivity index (χ1) is 10.8. The molecule has 2 N–H and O–H groups in total. The highest BCUT2D eigenvalue weighted by molar-refractivity contribution is 5.39. The normalized spacial score (nSPS) is 9.55. The van der Waals surface area contributed by atoms with E-state index in [1.165, 1.54) is 0 Å². The second kappa shape index (κ2) is 8.23. The predicted molar refractivity (Wildman–Crippen MR) is 84.1 cm³/mol. The number of rotatable bonds is 7. The molecule has 0 aliphatic heterocycles. The first-order valence-corrected chi connectivity index (χ1v) is 7.04. The van der Waals surface area contributed by atoms with Gasteiger partial charge < -0.3 is 10.6 Å². The van der Waals surface area contributed by atoms with Crippen LogP contribution in [0, 0.1) is 22.7 Å². The number of unbranched alkanes of at least 4 members (excludes halogenated alkanes) is 1. The average molecular weight is 292 g/mol. The lowest BCUT2D eigenvalue weighted by Crippen LogP contribution is -2.08. The summed E-state index contributed by atoms with van der Waals surface area (Å²) in [6.45, 7) is 1.57. The Labute approximate surface area is 129 Å². The van der Waals surface area contributed by atoms with E-state index in [1.54, 1.807) is 12.1 Å². The number of nitrogens with zero attached hydrogens (tertiary/aromatic N) is 4. The number of anilines is 2. The molecule has 0 fully saturated rings. The van der Waals surface area contributed by atoms with Gasteiger partial charge >= 0.3 is 0 Å². The van der Waals surface area contributed by atoms with E-state index < -0.39 is 0 Å². The Hall–Kier alpha value is -3.12. The van der Waals surface area contributed by atoms with Gasteiger partial charge in [0.15, 0.2) is 0 Å². The van der Waals surface area contributed by atoms with Crippen molar-refractivity contribution in [3.63, 3.8) is 0 Å². The van der Waals surface area contributed by atoms with Gasteiger partial charge in [0, 0.05) is 13.1 Å². The molecule has 0 amide bonds. The van der Waals surface area contributed by atoms with Gasteiger partial charge in [-0.15, -0.1) is 0 Å². The third-order valence-corrected chi connectivity index (χ3v) is 2.94. The molecular weight excluding hydrogens is 276 g/mol. The van der Waals surface area contributed by atoms with Crippen molar-refractivity contribution in [2.24, 2.45) is 0 Å². The van der Waals surface area contributed by atoms with E-state index in [2.05, 4.69) is 20.6 Å². The maximum atomic E-state index is 8.77. The van der Waals surface area contributed by atoms with E-state index >= 15 is 0 Å². The summed E-state index contributed by atoms with van der Waals surface area (Å²) >= 11 is 0. The summed E-state index contributed by atoms with van der Waals surface area (Å²) in [5, 5.41) is 23.9. The lowest BCUT2D eigenvalue weighted by molar-refractivity contribution is 0.791. The van der Waals surface area contributed by atoms with Crippen LogP contribution in [0.1, 0.15) is 24.2 Å². The molecule has 22 heavy (non-hydrogen) atoms. The van der Waals surface area contributed by atoms with E-state index in [9.17, 15) is 0 Å². The zero-order valence-corrected chi connectivity index (χ0v) is 12.1. The lowest BCUT2D eigenvalue weighted by Gasteiger charge is -2.07. The van der Waals surface area contributed by atoms with E-state index in [0.717, 1.165) is 37.6 Å². The Balaban J connectivity index is 1.65. The van der Waals surface area contributed by atoms with Crippen LogP contribution in [0.25, 0.3) is 0 Å². The first-order valence-electron chi connectivity index (χ1n) is 7.04. The molecule has 0 aliphatic carbocycles. The van der Waals surface area contributed by atoms with Gasteiger partial charge in [-0.05, 0) is 37.1 Å². The summed E-state index contributed by atoms with van der Waals surface area (Å²) in [4.78, 5) is 8.29. The van der Waals surface area contributed by atoms with Crippen molar-refractivity contribution in [1.82, 2.24) is 9.97 Å². The number of nitrogens with one attached hydrogen (secondary N) is 2. The summed E-state index contributed by atoms with van der Waals surface area (Å²) in [6, 6.07) is 14.7. The van der Waals surface area contributed by atoms with Crippen molar-refractivity contribution in [2.75, 3.05) is 23.7 Å². The van der Waals surface area contributed by atoms with Crippen LogP contribution in [-0.2, 0) is 0 Å². The largest absolute Gasteiger partial charge is 0.370 e. The van der Waals surface area contributed by atoms with E-state index in [4.69, 9.17) is 10.5 Å². The van der Waals surface area contributed by atoms with E-state index in [0.29, 0.717) is 11.4 Å². The fraction of sp³-hybridized carbons (Fsp3) is 0.250.